The smallest absolute Gasteiger partial charge is 0.410 e. The first kappa shape index (κ1) is 16.1. The van der Waals surface area contributed by atoms with Crippen molar-refractivity contribution in [1.82, 2.24) is 4.90 Å². The van der Waals surface area contributed by atoms with Crippen molar-refractivity contribution in [3.63, 3.8) is 0 Å². The normalized spacial score (nSPS) is 18.7. The van der Waals surface area contributed by atoms with Gasteiger partial charge in [0.2, 0.25) is 0 Å². The summed E-state index contributed by atoms with van der Waals surface area (Å²) in [5, 5.41) is 3.41. The number of benzene rings is 1. The Kier molecular flexibility index (Phi) is 5.14. The molecule has 1 aliphatic heterocycles. The van der Waals surface area contributed by atoms with E-state index in [0.717, 1.165) is 36.1 Å². The second-order valence-corrected chi connectivity index (χ2v) is 7.18. The fraction of sp³-hybridized carbons (Fsp3) is 0.562. The number of anilines is 1. The summed E-state index contributed by atoms with van der Waals surface area (Å²) in [6, 6.07) is 8.19. The van der Waals surface area contributed by atoms with Crippen LogP contribution in [0.5, 0.6) is 0 Å². The Bertz CT molecular complexity index is 499. The first-order chi connectivity index (χ1) is 9.87. The molecule has 0 saturated carbocycles. The lowest BCUT2D eigenvalue weighted by molar-refractivity contribution is 0.0235. The number of carbonyl (C=O) groups is 1. The number of rotatable bonds is 3. The third kappa shape index (κ3) is 4.63. The average molecular weight is 355 g/mol. The van der Waals surface area contributed by atoms with E-state index in [9.17, 15) is 4.79 Å². The molecule has 1 aromatic rings. The van der Waals surface area contributed by atoms with Gasteiger partial charge in [-0.05, 0) is 61.7 Å². The Morgan fingerprint density at radius 3 is 2.81 bits per heavy atom. The number of amides is 1. The number of carbonyl (C=O) groups excluding carboxylic acids is 1. The van der Waals surface area contributed by atoms with Crippen molar-refractivity contribution in [3.8, 4) is 0 Å². The van der Waals surface area contributed by atoms with Gasteiger partial charge >= 0.3 is 6.09 Å². The highest BCUT2D eigenvalue weighted by Crippen LogP contribution is 2.24. The molecule has 0 aromatic heterocycles. The van der Waals surface area contributed by atoms with Gasteiger partial charge in [-0.1, -0.05) is 12.1 Å². The van der Waals surface area contributed by atoms with Gasteiger partial charge in [-0.25, -0.2) is 4.79 Å². The lowest BCUT2D eigenvalue weighted by Gasteiger charge is -2.29. The standard InChI is InChI=1S/C16H23BrN2O2/c1-16(2,3)21-15(20)19-10-6-7-12(19)11-18-14-9-5-4-8-13(14)17/h4-5,8-9,12,18H,6-7,10-11H2,1-3H3. The van der Waals surface area contributed by atoms with E-state index in [4.69, 9.17) is 4.74 Å². The van der Waals surface area contributed by atoms with E-state index in [2.05, 4.69) is 21.2 Å². The van der Waals surface area contributed by atoms with Crippen LogP contribution in [-0.4, -0.2) is 35.7 Å². The quantitative estimate of drug-likeness (QED) is 0.881. The molecule has 1 amide bonds. The summed E-state index contributed by atoms with van der Waals surface area (Å²) in [5.41, 5.74) is 0.605. The summed E-state index contributed by atoms with van der Waals surface area (Å²) in [7, 11) is 0. The fourth-order valence-corrected chi connectivity index (χ4v) is 2.87. The van der Waals surface area contributed by atoms with Crippen molar-refractivity contribution in [1.29, 1.82) is 0 Å². The summed E-state index contributed by atoms with van der Waals surface area (Å²) in [5.74, 6) is 0. The maximum atomic E-state index is 12.2. The predicted octanol–water partition coefficient (Wildman–Crippen LogP) is 4.26. The molecule has 0 spiro atoms. The van der Waals surface area contributed by atoms with Gasteiger partial charge < -0.3 is 15.0 Å². The van der Waals surface area contributed by atoms with E-state index in [-0.39, 0.29) is 12.1 Å². The van der Waals surface area contributed by atoms with Crippen molar-refractivity contribution in [3.05, 3.63) is 28.7 Å². The summed E-state index contributed by atoms with van der Waals surface area (Å²) >= 11 is 3.52. The second-order valence-electron chi connectivity index (χ2n) is 6.33. The molecule has 4 nitrogen and oxygen atoms in total. The van der Waals surface area contributed by atoms with Crippen LogP contribution in [0.15, 0.2) is 28.7 Å². The van der Waals surface area contributed by atoms with Gasteiger partial charge in [0.25, 0.3) is 0 Å². The van der Waals surface area contributed by atoms with Gasteiger partial charge in [0.15, 0.2) is 0 Å². The molecule has 2 rings (SSSR count). The number of hydrogen-bond acceptors (Lipinski definition) is 3. The highest BCUT2D eigenvalue weighted by molar-refractivity contribution is 9.10. The van der Waals surface area contributed by atoms with Gasteiger partial charge in [-0.2, -0.15) is 0 Å². The molecule has 1 heterocycles. The molecule has 0 aliphatic carbocycles. The van der Waals surface area contributed by atoms with Crippen LogP contribution in [0.4, 0.5) is 10.5 Å². The third-order valence-corrected chi connectivity index (χ3v) is 4.10. The Labute approximate surface area is 135 Å². The summed E-state index contributed by atoms with van der Waals surface area (Å²) in [6.45, 7) is 7.21. The molecule has 1 aromatic carbocycles. The van der Waals surface area contributed by atoms with E-state index in [1.165, 1.54) is 0 Å². The maximum Gasteiger partial charge on any atom is 0.410 e. The molecular formula is C16H23BrN2O2. The number of nitrogens with zero attached hydrogens (tertiary/aromatic N) is 1. The molecule has 116 valence electrons. The van der Waals surface area contributed by atoms with Gasteiger partial charge in [0.05, 0.1) is 6.04 Å². The number of likely N-dealkylation sites (tertiary alicyclic amines) is 1. The van der Waals surface area contributed by atoms with Crippen molar-refractivity contribution in [2.45, 2.75) is 45.3 Å². The molecule has 5 heteroatoms. The van der Waals surface area contributed by atoms with Gasteiger partial charge in [0.1, 0.15) is 5.60 Å². The number of para-hydroxylation sites is 1. The number of ether oxygens (including phenoxy) is 1. The minimum atomic E-state index is -0.444. The Balaban J connectivity index is 1.93. The first-order valence-electron chi connectivity index (χ1n) is 7.35. The fourth-order valence-electron chi connectivity index (χ4n) is 2.44. The van der Waals surface area contributed by atoms with Crippen molar-refractivity contribution >= 4 is 27.7 Å². The van der Waals surface area contributed by atoms with Crippen LogP contribution < -0.4 is 5.32 Å². The van der Waals surface area contributed by atoms with E-state index < -0.39 is 5.60 Å². The average Bonchev–Trinajstić information content (AvgIpc) is 2.84. The monoisotopic (exact) mass is 354 g/mol. The van der Waals surface area contributed by atoms with Crippen LogP contribution in [-0.2, 0) is 4.74 Å². The van der Waals surface area contributed by atoms with Crippen LogP contribution in [0, 0.1) is 0 Å². The molecular weight excluding hydrogens is 332 g/mol. The molecule has 1 saturated heterocycles. The van der Waals surface area contributed by atoms with Crippen LogP contribution in [0.2, 0.25) is 0 Å². The molecule has 0 bridgehead atoms. The summed E-state index contributed by atoms with van der Waals surface area (Å²) < 4.78 is 6.51. The molecule has 1 aliphatic rings. The number of hydrogen-bond donors (Lipinski definition) is 1. The zero-order valence-corrected chi connectivity index (χ0v) is 14.4. The summed E-state index contributed by atoms with van der Waals surface area (Å²) in [6.07, 6.45) is 1.83. The lowest BCUT2D eigenvalue weighted by Crippen LogP contribution is -2.42. The van der Waals surface area contributed by atoms with E-state index in [0.29, 0.717) is 0 Å². The van der Waals surface area contributed by atoms with Crippen LogP contribution >= 0.6 is 15.9 Å². The van der Waals surface area contributed by atoms with Crippen LogP contribution in [0.3, 0.4) is 0 Å². The Morgan fingerprint density at radius 1 is 1.43 bits per heavy atom. The maximum absolute atomic E-state index is 12.2. The SMILES string of the molecule is CC(C)(C)OC(=O)N1CCCC1CNc1ccccc1Br. The topological polar surface area (TPSA) is 41.6 Å². The van der Waals surface area contributed by atoms with Crippen LogP contribution in [0.25, 0.3) is 0 Å². The van der Waals surface area contributed by atoms with E-state index >= 15 is 0 Å². The van der Waals surface area contributed by atoms with E-state index in [1.807, 2.05) is 49.9 Å². The first-order valence-corrected chi connectivity index (χ1v) is 8.14. The van der Waals surface area contributed by atoms with Crippen molar-refractivity contribution < 1.29 is 9.53 Å². The highest BCUT2D eigenvalue weighted by atomic mass is 79.9. The second kappa shape index (κ2) is 6.69. The van der Waals surface area contributed by atoms with Crippen molar-refractivity contribution in [2.24, 2.45) is 0 Å². The minimum Gasteiger partial charge on any atom is -0.444 e. The largest absolute Gasteiger partial charge is 0.444 e. The molecule has 21 heavy (non-hydrogen) atoms. The lowest BCUT2D eigenvalue weighted by atomic mass is 10.2. The number of nitrogens with one attached hydrogen (secondary N) is 1. The minimum absolute atomic E-state index is 0.187. The zero-order valence-electron chi connectivity index (χ0n) is 12.9. The van der Waals surface area contributed by atoms with Gasteiger partial charge in [0, 0.05) is 23.2 Å². The van der Waals surface area contributed by atoms with Crippen LogP contribution in [0.1, 0.15) is 33.6 Å². The van der Waals surface area contributed by atoms with Crippen molar-refractivity contribution in [2.75, 3.05) is 18.4 Å². The molecule has 1 N–H and O–H groups in total. The predicted molar refractivity (Wildman–Crippen MR) is 88.6 cm³/mol. The summed E-state index contributed by atoms with van der Waals surface area (Å²) in [4.78, 5) is 14.1. The Hall–Kier alpha value is -1.23. The van der Waals surface area contributed by atoms with Gasteiger partial charge in [-0.3, -0.25) is 0 Å². The molecule has 0 radical (unpaired) electrons. The molecule has 1 unspecified atom stereocenters. The molecule has 1 atom stereocenters. The van der Waals surface area contributed by atoms with Gasteiger partial charge in [-0.15, -0.1) is 0 Å². The van der Waals surface area contributed by atoms with E-state index in [1.54, 1.807) is 0 Å². The number of halogens is 1. The molecule has 1 fully saturated rings. The zero-order chi connectivity index (χ0) is 15.5. The highest BCUT2D eigenvalue weighted by Gasteiger charge is 2.31. The third-order valence-electron chi connectivity index (χ3n) is 3.41. The Morgan fingerprint density at radius 2 is 2.14 bits per heavy atom.